The second kappa shape index (κ2) is 4.02. The quantitative estimate of drug-likeness (QED) is 0.358. The van der Waals surface area contributed by atoms with Gasteiger partial charge in [0.25, 0.3) is 0 Å². The van der Waals surface area contributed by atoms with Crippen LogP contribution in [0.15, 0.2) is 0 Å². The van der Waals surface area contributed by atoms with Gasteiger partial charge in [0.05, 0.1) is 15.5 Å². The smallest absolute Gasteiger partial charge is 0.143 e. The summed E-state index contributed by atoms with van der Waals surface area (Å²) in [4.78, 5) is 0. The Balaban J connectivity index is 2.23. The maximum atomic E-state index is 14.0. The van der Waals surface area contributed by atoms with Gasteiger partial charge in [0.2, 0.25) is 0 Å². The summed E-state index contributed by atoms with van der Waals surface area (Å²) in [7, 11) is 1.85. The molecule has 1 saturated heterocycles. The lowest BCUT2D eigenvalue weighted by molar-refractivity contribution is 0.0770. The fraction of sp³-hybridized carbons (Fsp3) is 1.00. The summed E-state index contributed by atoms with van der Waals surface area (Å²) < 4.78 is 20.0. The molecule has 2 rings (SSSR count). The fourth-order valence-corrected chi connectivity index (χ4v) is 6.53. The van der Waals surface area contributed by atoms with Crippen molar-refractivity contribution in [3.63, 3.8) is 0 Å². The zero-order valence-electron chi connectivity index (χ0n) is 8.34. The van der Waals surface area contributed by atoms with Gasteiger partial charge in [0, 0.05) is 3.92 Å². The Hall–Kier alpha value is 1.41. The van der Waals surface area contributed by atoms with Gasteiger partial charge in [-0.15, -0.1) is 0 Å². The van der Waals surface area contributed by atoms with Crippen molar-refractivity contribution in [3.8, 4) is 0 Å². The molecule has 0 N–H and O–H groups in total. The number of hydrogen-bond donors (Lipinski definition) is 0. The molecule has 0 aromatic heterocycles. The summed E-state index contributed by atoms with van der Waals surface area (Å²) in [5, 5.41) is 0. The summed E-state index contributed by atoms with van der Waals surface area (Å²) in [5.41, 5.74) is 0. The predicted octanol–water partition coefficient (Wildman–Crippen LogP) is 2.09. The summed E-state index contributed by atoms with van der Waals surface area (Å²) >= 11 is 4.75. The molecule has 1 saturated carbocycles. The lowest BCUT2D eigenvalue weighted by Crippen LogP contribution is -2.37. The van der Waals surface area contributed by atoms with Crippen LogP contribution < -0.4 is 0 Å². The Labute approximate surface area is 113 Å². The number of ether oxygens (including phenoxy) is 1. The molecule has 0 aromatic carbocycles. The van der Waals surface area contributed by atoms with Crippen LogP contribution in [0.5, 0.6) is 0 Å². The summed E-state index contributed by atoms with van der Waals surface area (Å²) in [6.45, 7) is 2.19. The van der Waals surface area contributed by atoms with E-state index in [9.17, 15) is 4.39 Å². The highest BCUT2D eigenvalue weighted by molar-refractivity contribution is 14.1. The molecule has 0 amide bonds. The van der Waals surface area contributed by atoms with Crippen LogP contribution in [0.2, 0.25) is 0 Å². The average molecular weight is 422 g/mol. The van der Waals surface area contributed by atoms with Gasteiger partial charge in [-0.1, -0.05) is 58.5 Å². The van der Waals surface area contributed by atoms with Crippen molar-refractivity contribution in [2.24, 2.45) is 5.92 Å². The molecule has 0 radical (unpaired) electrons. The molecule has 2 fully saturated rings. The van der Waals surface area contributed by atoms with E-state index in [1.807, 2.05) is 7.85 Å². The van der Waals surface area contributed by atoms with E-state index in [0.717, 1.165) is 12.8 Å². The molecule has 5 heteroatoms. The van der Waals surface area contributed by atoms with Crippen LogP contribution in [0.1, 0.15) is 19.8 Å². The molecular weight excluding hydrogens is 408 g/mol. The first-order valence-electron chi connectivity index (χ1n) is 5.13. The maximum Gasteiger partial charge on any atom is 0.143 e. The van der Waals surface area contributed by atoms with Crippen molar-refractivity contribution in [2.75, 3.05) is 0 Å². The molecule has 14 heavy (non-hydrogen) atoms. The number of fused-ring (bicyclic) bond motifs is 1. The monoisotopic (exact) mass is 422 g/mol. The van der Waals surface area contributed by atoms with Crippen LogP contribution in [0.25, 0.3) is 0 Å². The Morgan fingerprint density at radius 2 is 2.29 bits per heavy atom. The van der Waals surface area contributed by atoms with E-state index in [1.54, 1.807) is 0 Å². The number of hydrogen-bond acceptors (Lipinski definition) is 1. The van der Waals surface area contributed by atoms with Crippen molar-refractivity contribution in [1.82, 2.24) is 0 Å². The highest BCUT2D eigenvalue weighted by Crippen LogP contribution is 2.55. The topological polar surface area (TPSA) is 9.23 Å². The molecule has 2 aliphatic rings. The normalized spacial score (nSPS) is 57.6. The first-order chi connectivity index (χ1) is 6.50. The Morgan fingerprint density at radius 1 is 1.64 bits per heavy atom. The minimum absolute atomic E-state index is 0.124. The van der Waals surface area contributed by atoms with Crippen LogP contribution in [0.3, 0.4) is 0 Å². The van der Waals surface area contributed by atoms with Gasteiger partial charge in [-0.2, -0.15) is 0 Å². The third-order valence-corrected chi connectivity index (χ3v) is 6.86. The summed E-state index contributed by atoms with van der Waals surface area (Å²) in [6.07, 6.45) is 1.45. The van der Waals surface area contributed by atoms with Crippen molar-refractivity contribution in [3.05, 3.63) is 0 Å². The molecule has 1 aliphatic carbocycles. The Kier molecular flexibility index (Phi) is 3.41. The van der Waals surface area contributed by atoms with Gasteiger partial charge in [-0.05, 0) is 12.3 Å². The van der Waals surface area contributed by atoms with Crippen molar-refractivity contribution < 1.29 is 9.13 Å². The lowest BCUT2D eigenvalue weighted by Gasteiger charge is -2.22. The SMILES string of the molecule is B[C@@H]1O[C@@H]2[C@H](I)[C@@H](CC)C[C@]2(I)[C@H]1F. The van der Waals surface area contributed by atoms with Crippen molar-refractivity contribution >= 4 is 53.0 Å². The number of alkyl halides is 3. The molecular formula is C9H14BFI2O. The molecule has 0 unspecified atom stereocenters. The van der Waals surface area contributed by atoms with Gasteiger partial charge < -0.3 is 4.74 Å². The van der Waals surface area contributed by atoms with E-state index < -0.39 is 6.17 Å². The van der Waals surface area contributed by atoms with Crippen LogP contribution in [-0.2, 0) is 4.74 Å². The minimum Gasteiger partial charge on any atom is -0.378 e. The van der Waals surface area contributed by atoms with Crippen molar-refractivity contribution in [1.29, 1.82) is 0 Å². The molecule has 0 spiro atoms. The minimum atomic E-state index is -0.790. The lowest BCUT2D eigenvalue weighted by atomic mass is 9.88. The zero-order chi connectivity index (χ0) is 10.5. The first-order valence-corrected chi connectivity index (χ1v) is 7.45. The van der Waals surface area contributed by atoms with E-state index in [0.29, 0.717) is 9.84 Å². The second-order valence-electron chi connectivity index (χ2n) is 4.41. The van der Waals surface area contributed by atoms with Crippen molar-refractivity contribution in [2.45, 2.75) is 45.4 Å². The van der Waals surface area contributed by atoms with Crippen LogP contribution in [-0.4, -0.2) is 33.5 Å². The fourth-order valence-electron chi connectivity index (χ4n) is 2.66. The van der Waals surface area contributed by atoms with Gasteiger partial charge >= 0.3 is 0 Å². The molecule has 1 aliphatic heterocycles. The third-order valence-electron chi connectivity index (χ3n) is 3.54. The third kappa shape index (κ3) is 1.56. The Bertz CT molecular complexity index is 243. The second-order valence-corrected chi connectivity index (χ2v) is 7.85. The van der Waals surface area contributed by atoms with E-state index in [2.05, 4.69) is 52.1 Å². The molecule has 1 heterocycles. The van der Waals surface area contributed by atoms with E-state index >= 15 is 0 Å². The first kappa shape index (κ1) is 11.9. The van der Waals surface area contributed by atoms with E-state index in [1.165, 1.54) is 0 Å². The molecule has 1 nitrogen and oxygen atoms in total. The zero-order valence-corrected chi connectivity index (χ0v) is 12.7. The average Bonchev–Trinajstić information content (AvgIpc) is 2.52. The summed E-state index contributed by atoms with van der Waals surface area (Å²) in [6, 6.07) is -0.216. The van der Waals surface area contributed by atoms with Crippen LogP contribution >= 0.6 is 45.2 Å². The van der Waals surface area contributed by atoms with Gasteiger partial charge in [0.1, 0.15) is 14.0 Å². The molecule has 0 bridgehead atoms. The highest BCUT2D eigenvalue weighted by atomic mass is 127. The standard InChI is InChI=1S/C9H14BFI2O/c1-2-4-3-9(13)6(11)8(10)14-7(9)5(4)12/h4-8H,2-3,10H2,1H3/t4-,5+,6-,7+,8+,9-/m0/s1. The summed E-state index contributed by atoms with van der Waals surface area (Å²) in [5.74, 6) is 0.628. The highest BCUT2D eigenvalue weighted by Gasteiger charge is 2.62. The van der Waals surface area contributed by atoms with E-state index in [4.69, 9.17) is 4.74 Å². The van der Waals surface area contributed by atoms with Crippen LogP contribution in [0.4, 0.5) is 4.39 Å². The molecule has 6 atom stereocenters. The number of rotatable bonds is 1. The van der Waals surface area contributed by atoms with Gasteiger partial charge in [-0.3, -0.25) is 0 Å². The maximum absolute atomic E-state index is 14.0. The largest absolute Gasteiger partial charge is 0.378 e. The number of halogens is 3. The molecule has 80 valence electrons. The van der Waals surface area contributed by atoms with E-state index in [-0.39, 0.29) is 15.5 Å². The predicted molar refractivity (Wildman–Crippen MR) is 75.1 cm³/mol. The van der Waals surface area contributed by atoms with Crippen LogP contribution in [0, 0.1) is 5.92 Å². The molecule has 0 aromatic rings. The van der Waals surface area contributed by atoms with Gasteiger partial charge in [0.15, 0.2) is 0 Å². The Morgan fingerprint density at radius 3 is 2.79 bits per heavy atom. The van der Waals surface area contributed by atoms with Gasteiger partial charge in [-0.25, -0.2) is 4.39 Å².